The molecule has 1 amide bonds. The van der Waals surface area contributed by atoms with Crippen molar-refractivity contribution in [3.8, 4) is 11.5 Å². The summed E-state index contributed by atoms with van der Waals surface area (Å²) in [4.78, 5) is 23.7. The van der Waals surface area contributed by atoms with Crippen molar-refractivity contribution in [1.82, 2.24) is 5.32 Å². The summed E-state index contributed by atoms with van der Waals surface area (Å²) in [6.07, 6.45) is 0. The predicted molar refractivity (Wildman–Crippen MR) is 77.5 cm³/mol. The average molecular weight is 296 g/mol. The molecule has 0 fully saturated rings. The summed E-state index contributed by atoms with van der Waals surface area (Å²) in [5.41, 5.74) is 6.21. The lowest BCUT2D eigenvalue weighted by atomic mass is 10.1. The summed E-state index contributed by atoms with van der Waals surface area (Å²) < 4.78 is 15.0. The van der Waals surface area contributed by atoms with Crippen molar-refractivity contribution >= 4 is 17.6 Å². The molecular weight excluding hydrogens is 276 g/mol. The van der Waals surface area contributed by atoms with E-state index < -0.39 is 17.9 Å². The lowest BCUT2D eigenvalue weighted by Gasteiger charge is -2.15. The molecule has 1 atom stereocenters. The molecule has 0 aliphatic heterocycles. The molecule has 0 radical (unpaired) electrons. The second-order valence-corrected chi connectivity index (χ2v) is 4.24. The monoisotopic (exact) mass is 296 g/mol. The standard InChI is InChI=1S/C14H20N2O5/c1-5-21-14(18)8(2)16-13(17)10-6-9(19-3)7-11(20-4)12(10)15/h6-8H,5,15H2,1-4H3,(H,16,17). The number of nitrogens with two attached hydrogens (primary N) is 1. The fraction of sp³-hybridized carbons (Fsp3) is 0.429. The lowest BCUT2D eigenvalue weighted by molar-refractivity contribution is -0.144. The number of nitrogens with one attached hydrogen (secondary N) is 1. The molecule has 0 aliphatic rings. The van der Waals surface area contributed by atoms with Crippen LogP contribution in [0, 0.1) is 0 Å². The highest BCUT2D eigenvalue weighted by molar-refractivity contribution is 6.02. The molecule has 7 heteroatoms. The maximum Gasteiger partial charge on any atom is 0.328 e. The Hall–Kier alpha value is -2.44. The smallest absolute Gasteiger partial charge is 0.328 e. The molecule has 0 spiro atoms. The highest BCUT2D eigenvalue weighted by atomic mass is 16.5. The highest BCUT2D eigenvalue weighted by Crippen LogP contribution is 2.30. The van der Waals surface area contributed by atoms with Gasteiger partial charge in [0.1, 0.15) is 17.5 Å². The van der Waals surface area contributed by atoms with Gasteiger partial charge in [0.25, 0.3) is 5.91 Å². The molecule has 0 bridgehead atoms. The fourth-order valence-corrected chi connectivity index (χ4v) is 1.68. The van der Waals surface area contributed by atoms with Crippen molar-refractivity contribution in [3.63, 3.8) is 0 Å². The molecule has 0 saturated heterocycles. The Balaban J connectivity index is 2.99. The van der Waals surface area contributed by atoms with Gasteiger partial charge in [-0.25, -0.2) is 4.79 Å². The lowest BCUT2D eigenvalue weighted by Crippen LogP contribution is -2.39. The number of esters is 1. The number of rotatable bonds is 6. The number of nitrogen functional groups attached to an aromatic ring is 1. The van der Waals surface area contributed by atoms with Crippen molar-refractivity contribution in [2.75, 3.05) is 26.6 Å². The zero-order valence-electron chi connectivity index (χ0n) is 12.6. The molecule has 0 aromatic heterocycles. The maximum atomic E-state index is 12.2. The number of anilines is 1. The Morgan fingerprint density at radius 3 is 2.48 bits per heavy atom. The van der Waals surface area contributed by atoms with E-state index in [2.05, 4.69) is 5.32 Å². The van der Waals surface area contributed by atoms with E-state index in [0.29, 0.717) is 11.5 Å². The topological polar surface area (TPSA) is 99.9 Å². The van der Waals surface area contributed by atoms with Crippen molar-refractivity contribution in [3.05, 3.63) is 17.7 Å². The Morgan fingerprint density at radius 2 is 1.95 bits per heavy atom. The van der Waals surface area contributed by atoms with E-state index >= 15 is 0 Å². The minimum atomic E-state index is -0.783. The Morgan fingerprint density at radius 1 is 1.29 bits per heavy atom. The number of benzene rings is 1. The highest BCUT2D eigenvalue weighted by Gasteiger charge is 2.21. The van der Waals surface area contributed by atoms with Crippen molar-refractivity contribution < 1.29 is 23.8 Å². The van der Waals surface area contributed by atoms with Gasteiger partial charge in [-0.15, -0.1) is 0 Å². The van der Waals surface area contributed by atoms with E-state index in [1.807, 2.05) is 0 Å². The van der Waals surface area contributed by atoms with Crippen molar-refractivity contribution in [2.24, 2.45) is 0 Å². The number of amides is 1. The second kappa shape index (κ2) is 7.37. The van der Waals surface area contributed by atoms with Gasteiger partial charge in [-0.2, -0.15) is 0 Å². The molecule has 0 aliphatic carbocycles. The maximum absolute atomic E-state index is 12.2. The largest absolute Gasteiger partial charge is 0.497 e. The van der Waals surface area contributed by atoms with Gasteiger partial charge < -0.3 is 25.3 Å². The Kier molecular flexibility index (Phi) is 5.83. The quantitative estimate of drug-likeness (QED) is 0.599. The number of ether oxygens (including phenoxy) is 3. The molecule has 0 saturated carbocycles. The van der Waals surface area contributed by atoms with Crippen LogP contribution in [0.15, 0.2) is 12.1 Å². The van der Waals surface area contributed by atoms with Crippen LogP contribution in [0.2, 0.25) is 0 Å². The van der Waals surface area contributed by atoms with Crippen LogP contribution in [0.4, 0.5) is 5.69 Å². The minimum absolute atomic E-state index is 0.169. The summed E-state index contributed by atoms with van der Waals surface area (Å²) in [5, 5.41) is 2.52. The molecule has 21 heavy (non-hydrogen) atoms. The molecule has 1 rings (SSSR count). The van der Waals surface area contributed by atoms with E-state index in [0.717, 1.165) is 0 Å². The van der Waals surface area contributed by atoms with Crippen LogP contribution in [-0.2, 0) is 9.53 Å². The van der Waals surface area contributed by atoms with E-state index in [1.165, 1.54) is 27.2 Å². The van der Waals surface area contributed by atoms with E-state index in [4.69, 9.17) is 19.9 Å². The summed E-state index contributed by atoms with van der Waals surface area (Å²) in [6.45, 7) is 3.47. The molecule has 7 nitrogen and oxygen atoms in total. The molecule has 1 unspecified atom stereocenters. The third-order valence-electron chi connectivity index (χ3n) is 2.80. The van der Waals surface area contributed by atoms with Gasteiger partial charge >= 0.3 is 5.97 Å². The van der Waals surface area contributed by atoms with Crippen molar-refractivity contribution in [2.45, 2.75) is 19.9 Å². The molecule has 1 aromatic carbocycles. The third-order valence-corrected chi connectivity index (χ3v) is 2.80. The van der Waals surface area contributed by atoms with Gasteiger partial charge in [0, 0.05) is 6.07 Å². The molecule has 0 heterocycles. The first kappa shape index (κ1) is 16.6. The predicted octanol–water partition coefficient (Wildman–Crippen LogP) is 0.967. The summed E-state index contributed by atoms with van der Waals surface area (Å²) >= 11 is 0. The van der Waals surface area contributed by atoms with Gasteiger partial charge in [0.15, 0.2) is 0 Å². The van der Waals surface area contributed by atoms with Gasteiger partial charge in [0.05, 0.1) is 32.1 Å². The Labute approximate surface area is 123 Å². The first-order valence-corrected chi connectivity index (χ1v) is 6.43. The molecular formula is C14H20N2O5. The van der Waals surface area contributed by atoms with Gasteiger partial charge in [-0.05, 0) is 19.9 Å². The normalized spacial score (nSPS) is 11.4. The summed E-state index contributed by atoms with van der Waals surface area (Å²) in [5.74, 6) is -0.275. The zero-order chi connectivity index (χ0) is 16.0. The molecule has 1 aromatic rings. The summed E-state index contributed by atoms with van der Waals surface area (Å²) in [7, 11) is 2.90. The van der Waals surface area contributed by atoms with Crippen LogP contribution in [0.25, 0.3) is 0 Å². The van der Waals surface area contributed by atoms with Crippen LogP contribution in [0.3, 0.4) is 0 Å². The van der Waals surface area contributed by atoms with Crippen LogP contribution in [0.1, 0.15) is 24.2 Å². The van der Waals surface area contributed by atoms with E-state index in [-0.39, 0.29) is 17.9 Å². The number of hydrogen-bond acceptors (Lipinski definition) is 6. The van der Waals surface area contributed by atoms with Gasteiger partial charge in [-0.3, -0.25) is 4.79 Å². The van der Waals surface area contributed by atoms with Crippen LogP contribution in [-0.4, -0.2) is 38.7 Å². The molecule has 116 valence electrons. The number of methoxy groups -OCH3 is 2. The van der Waals surface area contributed by atoms with Crippen LogP contribution < -0.4 is 20.5 Å². The van der Waals surface area contributed by atoms with Gasteiger partial charge in [0.2, 0.25) is 0 Å². The first-order valence-electron chi connectivity index (χ1n) is 6.43. The van der Waals surface area contributed by atoms with Gasteiger partial charge in [-0.1, -0.05) is 0 Å². The average Bonchev–Trinajstić information content (AvgIpc) is 2.47. The fourth-order valence-electron chi connectivity index (χ4n) is 1.68. The van der Waals surface area contributed by atoms with E-state index in [9.17, 15) is 9.59 Å². The van der Waals surface area contributed by atoms with Crippen molar-refractivity contribution in [1.29, 1.82) is 0 Å². The van der Waals surface area contributed by atoms with E-state index in [1.54, 1.807) is 13.0 Å². The second-order valence-electron chi connectivity index (χ2n) is 4.24. The molecule has 3 N–H and O–H groups in total. The number of carbonyl (C=O) groups excluding carboxylic acids is 2. The SMILES string of the molecule is CCOC(=O)C(C)NC(=O)c1cc(OC)cc(OC)c1N. The zero-order valence-corrected chi connectivity index (χ0v) is 12.6. The number of carbonyl (C=O) groups is 2. The summed E-state index contributed by atoms with van der Waals surface area (Å²) in [6, 6.07) is 2.26. The first-order chi connectivity index (χ1) is 9.94. The number of hydrogen-bond donors (Lipinski definition) is 2. The minimum Gasteiger partial charge on any atom is -0.497 e. The Bertz CT molecular complexity index is 530. The van der Waals surface area contributed by atoms with Crippen LogP contribution >= 0.6 is 0 Å². The third kappa shape index (κ3) is 4.01. The van der Waals surface area contributed by atoms with Crippen LogP contribution in [0.5, 0.6) is 11.5 Å².